The van der Waals surface area contributed by atoms with Crippen LogP contribution in [0.1, 0.15) is 131 Å². The van der Waals surface area contributed by atoms with Gasteiger partial charge in [0.25, 0.3) is 0 Å². The van der Waals surface area contributed by atoms with Gasteiger partial charge in [0.2, 0.25) is 0 Å². The van der Waals surface area contributed by atoms with Crippen LogP contribution in [0.15, 0.2) is 72.8 Å². The highest BCUT2D eigenvalue weighted by Gasteiger charge is 2.37. The summed E-state index contributed by atoms with van der Waals surface area (Å²) in [6.07, 6.45) is 4.47. The van der Waals surface area contributed by atoms with Crippen molar-refractivity contribution >= 4 is 0 Å². The fourth-order valence-electron chi connectivity index (χ4n) is 8.78. The summed E-state index contributed by atoms with van der Waals surface area (Å²) in [5.41, 5.74) is 6.23. The van der Waals surface area contributed by atoms with Crippen molar-refractivity contribution in [2.45, 2.75) is 130 Å². The van der Waals surface area contributed by atoms with Crippen LogP contribution in [0, 0.1) is 10.8 Å². The lowest BCUT2D eigenvalue weighted by Crippen LogP contribution is -2.33. The van der Waals surface area contributed by atoms with Crippen LogP contribution in [0.2, 0.25) is 0 Å². The summed E-state index contributed by atoms with van der Waals surface area (Å²) >= 11 is 0. The third-order valence-electron chi connectivity index (χ3n) is 9.87. The van der Waals surface area contributed by atoms with Crippen molar-refractivity contribution in [3.63, 3.8) is 0 Å². The van der Waals surface area contributed by atoms with E-state index >= 15 is 0 Å². The van der Waals surface area contributed by atoms with Crippen molar-refractivity contribution in [3.05, 3.63) is 95.1 Å². The van der Waals surface area contributed by atoms with E-state index in [1.807, 2.05) is 0 Å². The van der Waals surface area contributed by atoms with E-state index in [-0.39, 0.29) is 32.5 Å². The van der Waals surface area contributed by atoms with Gasteiger partial charge in [-0.05, 0) is 105 Å². The quantitative estimate of drug-likeness (QED) is 0.184. The van der Waals surface area contributed by atoms with Crippen LogP contribution in [-0.4, -0.2) is 14.2 Å². The molecule has 0 aromatic heterocycles. The molecule has 0 amide bonds. The molecule has 0 bridgehead atoms. The van der Waals surface area contributed by atoms with Gasteiger partial charge in [-0.15, -0.1) is 0 Å². The maximum Gasteiger partial charge on any atom is 0.118 e. The maximum absolute atomic E-state index is 5.39. The first-order valence-corrected chi connectivity index (χ1v) is 16.5. The van der Waals surface area contributed by atoms with Crippen molar-refractivity contribution in [3.8, 4) is 11.5 Å². The van der Waals surface area contributed by atoms with Crippen LogP contribution in [-0.2, 0) is 21.7 Å². The summed E-state index contributed by atoms with van der Waals surface area (Å²) in [4.78, 5) is 0. The fourth-order valence-corrected chi connectivity index (χ4v) is 8.78. The second kappa shape index (κ2) is 12.9. The molecule has 0 atom stereocenters. The molecule has 44 heavy (non-hydrogen) atoms. The minimum absolute atomic E-state index is 0.0732. The second-order valence-corrected chi connectivity index (χ2v) is 17.6. The highest BCUT2D eigenvalue weighted by atomic mass is 16.5. The lowest BCUT2D eigenvalue weighted by molar-refractivity contribution is 0.192. The molecule has 0 aliphatic rings. The Balaban J connectivity index is 1.70. The number of benzene rings is 3. The van der Waals surface area contributed by atoms with Gasteiger partial charge in [0.05, 0.1) is 14.2 Å². The third kappa shape index (κ3) is 9.15. The van der Waals surface area contributed by atoms with Crippen LogP contribution in [0.3, 0.4) is 0 Å². The van der Waals surface area contributed by atoms with E-state index in [1.165, 1.54) is 22.3 Å². The zero-order valence-electron chi connectivity index (χ0n) is 30.6. The first-order valence-electron chi connectivity index (χ1n) is 16.5. The predicted molar refractivity (Wildman–Crippen MR) is 191 cm³/mol. The molecular formula is C42H62O2. The lowest BCUT2D eigenvalue weighted by atomic mass is 9.63. The molecule has 0 saturated carbocycles. The Morgan fingerprint density at radius 2 is 0.523 bits per heavy atom. The first-order chi connectivity index (χ1) is 20.1. The largest absolute Gasteiger partial charge is 0.497 e. The summed E-state index contributed by atoms with van der Waals surface area (Å²) in [5.74, 6) is 1.83. The third-order valence-corrected chi connectivity index (χ3v) is 9.87. The molecule has 0 saturated heterocycles. The highest BCUT2D eigenvalue weighted by Crippen LogP contribution is 2.47. The SMILES string of the molecule is COc1ccc(C(C)(C)CC(C)(C)CC(C)(C)c2ccc(C(C)(C)CC(C)(C)CC(C)(C)c3ccc(OC)cc3)cc2)cc1. The van der Waals surface area contributed by atoms with Crippen molar-refractivity contribution in [1.29, 1.82) is 0 Å². The van der Waals surface area contributed by atoms with E-state index in [4.69, 9.17) is 9.47 Å². The van der Waals surface area contributed by atoms with Crippen molar-refractivity contribution < 1.29 is 9.47 Å². The van der Waals surface area contributed by atoms with E-state index in [0.29, 0.717) is 0 Å². The number of hydrogen-bond donors (Lipinski definition) is 0. The average molecular weight is 599 g/mol. The smallest absolute Gasteiger partial charge is 0.118 e. The monoisotopic (exact) mass is 598 g/mol. The van der Waals surface area contributed by atoms with Crippen LogP contribution < -0.4 is 9.47 Å². The molecule has 2 nitrogen and oxygen atoms in total. The van der Waals surface area contributed by atoms with Gasteiger partial charge in [-0.2, -0.15) is 0 Å². The molecule has 2 heteroatoms. The van der Waals surface area contributed by atoms with E-state index in [0.717, 1.165) is 37.2 Å². The van der Waals surface area contributed by atoms with Gasteiger partial charge < -0.3 is 9.47 Å². The Morgan fingerprint density at radius 1 is 0.341 bits per heavy atom. The molecule has 0 spiro atoms. The number of methoxy groups -OCH3 is 2. The van der Waals surface area contributed by atoms with E-state index in [9.17, 15) is 0 Å². The van der Waals surface area contributed by atoms with Crippen molar-refractivity contribution in [2.24, 2.45) is 10.8 Å². The molecule has 0 radical (unpaired) electrons. The van der Waals surface area contributed by atoms with E-state index in [1.54, 1.807) is 14.2 Å². The molecule has 3 aromatic rings. The summed E-state index contributed by atoms with van der Waals surface area (Å²) in [5, 5.41) is 0. The van der Waals surface area contributed by atoms with Gasteiger partial charge in [0.15, 0.2) is 0 Å². The first kappa shape index (κ1) is 35.7. The summed E-state index contributed by atoms with van der Waals surface area (Å²) in [6.45, 7) is 28.9. The van der Waals surface area contributed by atoms with Gasteiger partial charge in [-0.3, -0.25) is 0 Å². The molecule has 0 unspecified atom stereocenters. The molecule has 3 rings (SSSR count). The normalized spacial score (nSPS) is 13.6. The average Bonchev–Trinajstić information content (AvgIpc) is 2.90. The Labute approximate surface area is 271 Å². The molecule has 0 N–H and O–H groups in total. The van der Waals surface area contributed by atoms with Crippen LogP contribution in [0.4, 0.5) is 0 Å². The molecule has 242 valence electrons. The maximum atomic E-state index is 5.39. The van der Waals surface area contributed by atoms with Crippen molar-refractivity contribution in [2.75, 3.05) is 14.2 Å². The van der Waals surface area contributed by atoms with Gasteiger partial charge in [-0.25, -0.2) is 0 Å². The Bertz CT molecular complexity index is 1230. The van der Waals surface area contributed by atoms with Gasteiger partial charge in [0.1, 0.15) is 11.5 Å². The van der Waals surface area contributed by atoms with Crippen LogP contribution in [0.5, 0.6) is 11.5 Å². The number of rotatable bonds is 14. The molecule has 3 aromatic carbocycles. The minimum Gasteiger partial charge on any atom is -0.497 e. The fraction of sp³-hybridized carbons (Fsp3) is 0.571. The zero-order valence-corrected chi connectivity index (χ0v) is 30.6. The summed E-state index contributed by atoms with van der Waals surface area (Å²) < 4.78 is 10.8. The summed E-state index contributed by atoms with van der Waals surface area (Å²) in [6, 6.07) is 26.8. The predicted octanol–water partition coefficient (Wildman–Crippen LogP) is 11.8. The molecule has 0 heterocycles. The number of ether oxygens (including phenoxy) is 2. The number of hydrogen-bond acceptors (Lipinski definition) is 2. The molecular weight excluding hydrogens is 536 g/mol. The summed E-state index contributed by atoms with van der Waals surface area (Å²) in [7, 11) is 3.46. The van der Waals surface area contributed by atoms with Gasteiger partial charge in [-0.1, -0.05) is 132 Å². The van der Waals surface area contributed by atoms with E-state index in [2.05, 4.69) is 156 Å². The lowest BCUT2D eigenvalue weighted by Gasteiger charge is -2.42. The van der Waals surface area contributed by atoms with Crippen molar-refractivity contribution in [1.82, 2.24) is 0 Å². The van der Waals surface area contributed by atoms with Crippen LogP contribution >= 0.6 is 0 Å². The Morgan fingerprint density at radius 3 is 0.705 bits per heavy atom. The molecule has 0 aliphatic heterocycles. The second-order valence-electron chi connectivity index (χ2n) is 17.6. The Kier molecular flexibility index (Phi) is 10.5. The van der Waals surface area contributed by atoms with E-state index < -0.39 is 0 Å². The molecule has 0 fully saturated rings. The van der Waals surface area contributed by atoms with Crippen LogP contribution in [0.25, 0.3) is 0 Å². The zero-order chi connectivity index (χ0) is 33.2. The van der Waals surface area contributed by atoms with Gasteiger partial charge in [0, 0.05) is 0 Å². The molecule has 0 aliphatic carbocycles. The minimum atomic E-state index is 0.0732. The standard InChI is InChI=1S/C42H62O2/c1-37(2,29-41(9,10)33-19-23-35(43-13)24-20-33)27-39(5,6)31-15-17-32(18-16-31)40(7,8)28-38(3,4)30-42(11,12)34-21-25-36(44-14)26-22-34/h15-26H,27-30H2,1-14H3. The Hall–Kier alpha value is -2.74. The topological polar surface area (TPSA) is 18.5 Å². The van der Waals surface area contributed by atoms with Gasteiger partial charge >= 0.3 is 0 Å². The highest BCUT2D eigenvalue weighted by molar-refractivity contribution is 5.35.